The molecule has 0 fully saturated rings. The SMILES string of the molecule is C[Si](C)(C)C#CCN(CC#C[Si](C)(C)C)Cc1ccccc1.C[Si](C)(C)c1c(CO)c(CO)c([Si](C)(C)C)c2c1CN(Cc1ccccc1)C2.OCC#CCO. The highest BCUT2D eigenvalue weighted by Gasteiger charge is 2.37. The molecule has 0 atom stereocenters. The second-order valence-corrected chi connectivity index (χ2v) is 38.0. The van der Waals surface area contributed by atoms with Crippen molar-refractivity contribution in [1.29, 1.82) is 0 Å². The van der Waals surface area contributed by atoms with Gasteiger partial charge in [-0.05, 0) is 43.8 Å². The van der Waals surface area contributed by atoms with Crippen LogP contribution in [-0.4, -0.2) is 88.8 Å². The number of aliphatic hydroxyl groups excluding tert-OH is 4. The lowest BCUT2D eigenvalue weighted by molar-refractivity contribution is 0.261. The predicted octanol–water partition coefficient (Wildman–Crippen LogP) is 6.50. The van der Waals surface area contributed by atoms with Crippen molar-refractivity contribution >= 4 is 42.7 Å². The molecule has 0 saturated heterocycles. The normalized spacial score (nSPS) is 12.7. The number of rotatable bonds is 10. The fourth-order valence-corrected chi connectivity index (χ4v) is 12.6. The predicted molar refractivity (Wildman–Crippen MR) is 250 cm³/mol. The summed E-state index contributed by atoms with van der Waals surface area (Å²) in [6.45, 7) is 32.9. The van der Waals surface area contributed by atoms with Crippen molar-refractivity contribution in [2.45, 2.75) is 118 Å². The highest BCUT2D eigenvalue weighted by molar-refractivity contribution is 6.91. The van der Waals surface area contributed by atoms with Crippen LogP contribution in [0, 0.1) is 34.8 Å². The van der Waals surface area contributed by atoms with Gasteiger partial charge < -0.3 is 20.4 Å². The van der Waals surface area contributed by atoms with Crippen molar-refractivity contribution in [3.63, 3.8) is 0 Å². The van der Waals surface area contributed by atoms with Crippen molar-refractivity contribution in [2.75, 3.05) is 26.3 Å². The molecule has 0 aromatic heterocycles. The van der Waals surface area contributed by atoms with Gasteiger partial charge in [0.15, 0.2) is 0 Å². The van der Waals surface area contributed by atoms with Crippen LogP contribution in [0.3, 0.4) is 0 Å². The average molecular weight is 827 g/mol. The summed E-state index contributed by atoms with van der Waals surface area (Å²) in [5.41, 5.74) is 14.5. The van der Waals surface area contributed by atoms with Crippen LogP contribution >= 0.6 is 0 Å². The molecule has 0 bridgehead atoms. The van der Waals surface area contributed by atoms with Crippen molar-refractivity contribution in [3.05, 3.63) is 94.0 Å². The molecule has 0 spiro atoms. The van der Waals surface area contributed by atoms with Crippen molar-refractivity contribution in [1.82, 2.24) is 9.80 Å². The van der Waals surface area contributed by atoms with Gasteiger partial charge in [0.2, 0.25) is 0 Å². The zero-order valence-corrected chi connectivity index (χ0v) is 40.5. The number of hydrogen-bond donors (Lipinski definition) is 4. The van der Waals surface area contributed by atoms with E-state index in [1.807, 2.05) is 0 Å². The fraction of sp³-hybridized carbons (Fsp3) is 0.478. The first-order chi connectivity index (χ1) is 26.1. The third-order valence-corrected chi connectivity index (χ3v) is 14.9. The lowest BCUT2D eigenvalue weighted by Crippen LogP contribution is -2.50. The number of hydrogen-bond acceptors (Lipinski definition) is 6. The number of benzene rings is 3. The van der Waals surface area contributed by atoms with Crippen LogP contribution in [0.4, 0.5) is 0 Å². The Hall–Kier alpha value is -3.03. The molecule has 0 aliphatic carbocycles. The van der Waals surface area contributed by atoms with Gasteiger partial charge in [-0.3, -0.25) is 9.80 Å². The first-order valence-corrected chi connectivity index (χ1v) is 33.8. The summed E-state index contributed by atoms with van der Waals surface area (Å²) < 4.78 is 0. The molecule has 4 N–H and O–H groups in total. The van der Waals surface area contributed by atoms with Gasteiger partial charge in [0.1, 0.15) is 29.4 Å². The monoisotopic (exact) mass is 826 g/mol. The van der Waals surface area contributed by atoms with E-state index in [-0.39, 0.29) is 26.4 Å². The smallest absolute Gasteiger partial charge is 0.129 e. The van der Waals surface area contributed by atoms with E-state index in [2.05, 4.69) is 184 Å². The Morgan fingerprint density at radius 1 is 0.536 bits per heavy atom. The Kier molecular flexibility index (Phi) is 20.0. The van der Waals surface area contributed by atoms with E-state index in [9.17, 15) is 10.2 Å². The fourth-order valence-electron chi connectivity index (χ4n) is 6.89. The van der Waals surface area contributed by atoms with Crippen LogP contribution in [0.1, 0.15) is 33.4 Å². The lowest BCUT2D eigenvalue weighted by atomic mass is 10.00. The van der Waals surface area contributed by atoms with E-state index in [1.54, 1.807) is 0 Å². The van der Waals surface area contributed by atoms with Gasteiger partial charge in [-0.2, -0.15) is 0 Å². The zero-order valence-electron chi connectivity index (χ0n) is 36.5. The number of nitrogens with zero attached hydrogens (tertiary/aromatic N) is 2. The molecule has 0 saturated carbocycles. The maximum atomic E-state index is 10.3. The summed E-state index contributed by atoms with van der Waals surface area (Å²) in [4.78, 5) is 4.87. The van der Waals surface area contributed by atoms with E-state index in [0.717, 1.165) is 50.4 Å². The Balaban J connectivity index is 0.000000346. The molecular weight excluding hydrogens is 757 g/mol. The van der Waals surface area contributed by atoms with E-state index >= 15 is 0 Å². The van der Waals surface area contributed by atoms with Crippen LogP contribution in [-0.2, 0) is 39.4 Å². The molecule has 6 nitrogen and oxygen atoms in total. The van der Waals surface area contributed by atoms with Gasteiger partial charge in [-0.1, -0.05) is 163 Å². The summed E-state index contributed by atoms with van der Waals surface area (Å²) in [6.07, 6.45) is 0. The molecule has 1 aliphatic heterocycles. The molecule has 3 aromatic rings. The van der Waals surface area contributed by atoms with Crippen LogP contribution in [0.25, 0.3) is 0 Å². The Labute approximate surface area is 344 Å². The van der Waals surface area contributed by atoms with Gasteiger partial charge in [0.05, 0.1) is 42.5 Å². The van der Waals surface area contributed by atoms with Crippen molar-refractivity contribution in [2.24, 2.45) is 0 Å². The van der Waals surface area contributed by atoms with Crippen LogP contribution in [0.15, 0.2) is 60.7 Å². The van der Waals surface area contributed by atoms with Crippen molar-refractivity contribution < 1.29 is 20.4 Å². The summed E-state index contributed by atoms with van der Waals surface area (Å²) in [5.74, 6) is 11.3. The molecule has 0 unspecified atom stereocenters. The molecule has 4 rings (SSSR count). The van der Waals surface area contributed by atoms with E-state index < -0.39 is 32.3 Å². The quantitative estimate of drug-likeness (QED) is 0.138. The standard InChI is InChI=1S/C23H35NO2Si2.C19H29NSi2.C4H6O2/c1-27(2,3)22-18-13-24(12-17-10-8-7-9-11-17)14-19(18)23(28(4,5)6)21(16-26)20(22)15-25;1-21(2,3)16-10-14-20(15-11-17-22(4,5)6)18-19-12-8-7-9-13-19;5-3-1-2-4-6/h7-11,25-26H,12-16H2,1-6H3;7-9,12-13H,14-15,18H2,1-6H3;5-6H,3-4H2. The number of fused-ring (bicyclic) bond motifs is 1. The summed E-state index contributed by atoms with van der Waals surface area (Å²) in [6, 6.07) is 21.3. The maximum absolute atomic E-state index is 10.3. The second kappa shape index (κ2) is 22.8. The molecule has 1 aliphatic rings. The third kappa shape index (κ3) is 17.2. The topological polar surface area (TPSA) is 87.4 Å². The molecule has 0 amide bonds. The molecule has 304 valence electrons. The first kappa shape index (κ1) is 49.1. The highest BCUT2D eigenvalue weighted by atomic mass is 28.3. The molecule has 10 heteroatoms. The summed E-state index contributed by atoms with van der Waals surface area (Å²) in [7, 11) is -5.97. The minimum atomic E-state index is -1.69. The molecule has 0 radical (unpaired) electrons. The minimum Gasteiger partial charge on any atom is -0.392 e. The second-order valence-electron chi connectivity index (χ2n) is 18.5. The first-order valence-electron chi connectivity index (χ1n) is 19.8. The molecular formula is C46H70N2O4Si4. The zero-order chi connectivity index (χ0) is 42.2. The van der Waals surface area contributed by atoms with Gasteiger partial charge in [-0.25, -0.2) is 0 Å². The van der Waals surface area contributed by atoms with Crippen LogP contribution in [0.2, 0.25) is 78.6 Å². The largest absolute Gasteiger partial charge is 0.392 e. The van der Waals surface area contributed by atoms with Crippen LogP contribution < -0.4 is 10.4 Å². The number of aliphatic hydroxyl groups is 4. The third-order valence-electron chi connectivity index (χ3n) is 8.83. The maximum Gasteiger partial charge on any atom is 0.129 e. The molecule has 3 aromatic carbocycles. The summed E-state index contributed by atoms with van der Waals surface area (Å²) in [5, 5.41) is 39.2. The average Bonchev–Trinajstić information content (AvgIpc) is 3.50. The Morgan fingerprint density at radius 2 is 0.911 bits per heavy atom. The van der Waals surface area contributed by atoms with Gasteiger partial charge in [-0.15, -0.1) is 11.1 Å². The van der Waals surface area contributed by atoms with E-state index in [4.69, 9.17) is 10.2 Å². The molecule has 56 heavy (non-hydrogen) atoms. The van der Waals surface area contributed by atoms with Crippen LogP contribution in [0.5, 0.6) is 0 Å². The van der Waals surface area contributed by atoms with Gasteiger partial charge >= 0.3 is 0 Å². The highest BCUT2D eigenvalue weighted by Crippen LogP contribution is 2.30. The van der Waals surface area contributed by atoms with E-state index in [0.29, 0.717) is 0 Å². The summed E-state index contributed by atoms with van der Waals surface area (Å²) >= 11 is 0. The van der Waals surface area contributed by atoms with Gasteiger partial charge in [0.25, 0.3) is 0 Å². The Morgan fingerprint density at radius 3 is 1.23 bits per heavy atom. The Bertz CT molecular complexity index is 1770. The van der Waals surface area contributed by atoms with Gasteiger partial charge in [0, 0.05) is 26.2 Å². The minimum absolute atomic E-state index is 0.0267. The van der Waals surface area contributed by atoms with Crippen molar-refractivity contribution in [3.8, 4) is 34.8 Å². The van der Waals surface area contributed by atoms with E-state index in [1.165, 1.54) is 32.6 Å². The molecule has 1 heterocycles. The lowest BCUT2D eigenvalue weighted by Gasteiger charge is -2.32.